The lowest BCUT2D eigenvalue weighted by molar-refractivity contribution is -0.276. The van der Waals surface area contributed by atoms with Crippen molar-refractivity contribution in [1.82, 2.24) is 0 Å². The Labute approximate surface area is 132 Å². The first-order chi connectivity index (χ1) is 10.5. The summed E-state index contributed by atoms with van der Waals surface area (Å²) < 4.78 is 5.08. The predicted octanol–water partition coefficient (Wildman–Crippen LogP) is -2.71. The topological polar surface area (TPSA) is 148 Å². The van der Waals surface area contributed by atoms with Crippen molar-refractivity contribution >= 4 is 5.97 Å². The van der Waals surface area contributed by atoms with E-state index in [2.05, 4.69) is 6.58 Å². The van der Waals surface area contributed by atoms with Crippen LogP contribution in [0.5, 0.6) is 0 Å². The molecule has 3 aliphatic rings. The van der Waals surface area contributed by atoms with Gasteiger partial charge in [0.25, 0.3) is 0 Å². The molecule has 8 heteroatoms. The summed E-state index contributed by atoms with van der Waals surface area (Å²) in [5.41, 5.74) is -6.15. The zero-order valence-electron chi connectivity index (χ0n) is 12.9. The predicted molar refractivity (Wildman–Crippen MR) is 74.8 cm³/mol. The first-order valence-corrected chi connectivity index (χ1v) is 7.45. The Bertz CT molecular complexity index is 578. The van der Waals surface area contributed by atoms with E-state index in [1.807, 2.05) is 0 Å². The van der Waals surface area contributed by atoms with Gasteiger partial charge < -0.3 is 35.4 Å². The third-order valence-corrected chi connectivity index (χ3v) is 6.36. The molecule has 2 saturated carbocycles. The largest absolute Gasteiger partial charge is 0.456 e. The molecule has 1 aliphatic heterocycles. The third-order valence-electron chi connectivity index (χ3n) is 6.36. The molecule has 0 bridgehead atoms. The molecule has 1 saturated heterocycles. The van der Waals surface area contributed by atoms with Crippen molar-refractivity contribution in [2.75, 3.05) is 6.61 Å². The van der Waals surface area contributed by atoms with Gasteiger partial charge in [-0.15, -0.1) is 0 Å². The fourth-order valence-corrected chi connectivity index (χ4v) is 4.96. The molecule has 6 N–H and O–H groups in total. The van der Waals surface area contributed by atoms with Crippen molar-refractivity contribution in [2.24, 2.45) is 17.3 Å². The number of carbonyl (C=O) groups excluding carboxylic acids is 1. The molecule has 0 radical (unpaired) electrons. The number of aliphatic hydroxyl groups is 6. The lowest BCUT2D eigenvalue weighted by Crippen LogP contribution is -2.73. The third kappa shape index (κ3) is 1.46. The van der Waals surface area contributed by atoms with Gasteiger partial charge in [0.05, 0.1) is 30.1 Å². The maximum Gasteiger partial charge on any atom is 0.313 e. The van der Waals surface area contributed by atoms with E-state index >= 15 is 0 Å². The average molecular weight is 330 g/mol. The lowest BCUT2D eigenvalue weighted by atomic mass is 9.51. The molecule has 0 spiro atoms. The number of hydrogen-bond acceptors (Lipinski definition) is 8. The Kier molecular flexibility index (Phi) is 3.31. The highest BCUT2D eigenvalue weighted by molar-refractivity contribution is 5.80. The lowest BCUT2D eigenvalue weighted by Gasteiger charge is -2.56. The van der Waals surface area contributed by atoms with Crippen LogP contribution in [0.15, 0.2) is 12.2 Å². The van der Waals surface area contributed by atoms with Crippen molar-refractivity contribution in [1.29, 1.82) is 0 Å². The summed E-state index contributed by atoms with van der Waals surface area (Å²) in [4.78, 5) is 12.3. The number of hydrogen-bond donors (Lipinski definition) is 6. The zero-order chi connectivity index (χ0) is 17.5. The molecule has 3 rings (SSSR count). The van der Waals surface area contributed by atoms with Crippen LogP contribution in [0.25, 0.3) is 0 Å². The summed E-state index contributed by atoms with van der Waals surface area (Å²) in [7, 11) is 0. The van der Waals surface area contributed by atoms with Crippen LogP contribution in [0.1, 0.15) is 13.8 Å². The number of carbonyl (C=O) groups is 1. The molecule has 1 heterocycles. The van der Waals surface area contributed by atoms with Crippen LogP contribution in [0.4, 0.5) is 0 Å². The summed E-state index contributed by atoms with van der Waals surface area (Å²) in [5, 5.41) is 63.2. The number of aliphatic hydroxyl groups excluding tert-OH is 4. The standard InChI is InChI=1S/C15H22O8/c1-5(2)6-7-12(20)23-11-10(19)14(21,4-16)13(3,15(7,11)22)9(18)8(6)17/h6-11,16-19,21-22H,1,4H2,2-3H3/t6-,7-,8+,9+,10+,11-,13-,14+,15-/m0/s1. The van der Waals surface area contributed by atoms with Gasteiger partial charge in [0.1, 0.15) is 17.3 Å². The van der Waals surface area contributed by atoms with E-state index in [-0.39, 0.29) is 0 Å². The van der Waals surface area contributed by atoms with Crippen LogP contribution in [0, 0.1) is 17.3 Å². The quantitative estimate of drug-likeness (QED) is 0.237. The first-order valence-electron chi connectivity index (χ1n) is 7.45. The van der Waals surface area contributed by atoms with Gasteiger partial charge in [-0.2, -0.15) is 0 Å². The summed E-state index contributed by atoms with van der Waals surface area (Å²) in [6.07, 6.45) is -6.59. The smallest absolute Gasteiger partial charge is 0.313 e. The monoisotopic (exact) mass is 330 g/mol. The normalized spacial score (nSPS) is 58.0. The van der Waals surface area contributed by atoms with Gasteiger partial charge in [-0.25, -0.2) is 0 Å². The summed E-state index contributed by atoms with van der Waals surface area (Å²) in [6.45, 7) is 5.47. The fraction of sp³-hybridized carbons (Fsp3) is 0.800. The SMILES string of the molecule is C=C(C)[C@@H]1[C@@H](O)[C@@H](O)[C@]2(C)[C@]3(O)[C@@H]1C(=O)O[C@H]3[C@@H](O)[C@]2(O)CO. The first kappa shape index (κ1) is 16.8. The molecule has 0 unspecified atom stereocenters. The van der Waals surface area contributed by atoms with E-state index in [0.717, 1.165) is 0 Å². The van der Waals surface area contributed by atoms with E-state index in [1.165, 1.54) is 13.8 Å². The highest BCUT2D eigenvalue weighted by atomic mass is 16.6. The summed E-state index contributed by atoms with van der Waals surface area (Å²) >= 11 is 0. The molecule has 130 valence electrons. The minimum Gasteiger partial charge on any atom is -0.456 e. The molecule has 23 heavy (non-hydrogen) atoms. The zero-order valence-corrected chi connectivity index (χ0v) is 12.9. The number of esters is 1. The molecule has 9 atom stereocenters. The Morgan fingerprint density at radius 1 is 1.26 bits per heavy atom. The minimum absolute atomic E-state index is 0.351. The molecule has 0 aromatic heterocycles. The average Bonchev–Trinajstić information content (AvgIpc) is 2.82. The Morgan fingerprint density at radius 3 is 2.30 bits per heavy atom. The van der Waals surface area contributed by atoms with Crippen LogP contribution < -0.4 is 0 Å². The van der Waals surface area contributed by atoms with Gasteiger partial charge in [-0.3, -0.25) is 4.79 Å². The molecular weight excluding hydrogens is 308 g/mol. The van der Waals surface area contributed by atoms with E-state index < -0.39 is 65.4 Å². The van der Waals surface area contributed by atoms with E-state index in [4.69, 9.17) is 4.74 Å². The van der Waals surface area contributed by atoms with Crippen LogP contribution in [-0.4, -0.2) is 78.8 Å². The van der Waals surface area contributed by atoms with Crippen LogP contribution in [0.2, 0.25) is 0 Å². The Morgan fingerprint density at radius 2 is 1.83 bits per heavy atom. The van der Waals surface area contributed by atoms with Gasteiger partial charge in [-0.05, 0) is 6.92 Å². The molecule has 0 amide bonds. The second-order valence-electron chi connectivity index (χ2n) is 7.20. The van der Waals surface area contributed by atoms with E-state index in [9.17, 15) is 35.4 Å². The van der Waals surface area contributed by atoms with Crippen molar-refractivity contribution < 1.29 is 40.2 Å². The molecule has 0 aromatic rings. The molecular formula is C15H22O8. The molecule has 3 fully saturated rings. The van der Waals surface area contributed by atoms with Gasteiger partial charge in [-0.1, -0.05) is 19.1 Å². The maximum absolute atomic E-state index is 12.3. The van der Waals surface area contributed by atoms with Crippen molar-refractivity contribution in [3.8, 4) is 0 Å². The van der Waals surface area contributed by atoms with Gasteiger partial charge in [0, 0.05) is 5.92 Å². The van der Waals surface area contributed by atoms with Crippen LogP contribution >= 0.6 is 0 Å². The number of rotatable bonds is 2. The van der Waals surface area contributed by atoms with Crippen molar-refractivity contribution in [3.05, 3.63) is 12.2 Å². The molecule has 0 aromatic carbocycles. The number of ether oxygens (including phenoxy) is 1. The second-order valence-corrected chi connectivity index (χ2v) is 7.20. The van der Waals surface area contributed by atoms with Crippen LogP contribution in [-0.2, 0) is 9.53 Å². The maximum atomic E-state index is 12.3. The summed E-state index contributed by atoms with van der Waals surface area (Å²) in [6, 6.07) is 0. The molecule has 2 aliphatic carbocycles. The van der Waals surface area contributed by atoms with Gasteiger partial charge >= 0.3 is 5.97 Å². The van der Waals surface area contributed by atoms with Gasteiger partial charge in [0.2, 0.25) is 0 Å². The van der Waals surface area contributed by atoms with Crippen LogP contribution in [0.3, 0.4) is 0 Å². The summed E-state index contributed by atoms with van der Waals surface area (Å²) in [5.74, 6) is -3.17. The minimum atomic E-state index is -2.36. The van der Waals surface area contributed by atoms with Gasteiger partial charge in [0.15, 0.2) is 6.10 Å². The molecule has 8 nitrogen and oxygen atoms in total. The Hall–Kier alpha value is -1.03. The second kappa shape index (κ2) is 4.53. The van der Waals surface area contributed by atoms with E-state index in [1.54, 1.807) is 0 Å². The highest BCUT2D eigenvalue weighted by Gasteiger charge is 2.86. The Balaban J connectivity index is 2.30. The highest BCUT2D eigenvalue weighted by Crippen LogP contribution is 2.66. The van der Waals surface area contributed by atoms with Crippen molar-refractivity contribution in [2.45, 2.75) is 49.5 Å². The fourth-order valence-electron chi connectivity index (χ4n) is 4.96. The van der Waals surface area contributed by atoms with Crippen molar-refractivity contribution in [3.63, 3.8) is 0 Å². The van der Waals surface area contributed by atoms with E-state index in [0.29, 0.717) is 5.57 Å².